The average molecular weight is 382 g/mol. The average Bonchev–Trinajstić information content (AvgIpc) is 2.59. The van der Waals surface area contributed by atoms with Gasteiger partial charge in [-0.25, -0.2) is 4.98 Å². The number of aromatic nitrogens is 1. The van der Waals surface area contributed by atoms with Crippen molar-refractivity contribution in [2.75, 3.05) is 11.1 Å². The Labute approximate surface area is 155 Å². The van der Waals surface area contributed by atoms with Crippen molar-refractivity contribution in [3.8, 4) is 0 Å². The number of pyridine rings is 1. The topological polar surface area (TPSA) is 42.0 Å². The lowest BCUT2D eigenvalue weighted by Gasteiger charge is -2.23. The lowest BCUT2D eigenvalue weighted by atomic mass is 10.1. The SMILES string of the molecule is CC(C)(SCCCc1ccccc1)C(=O)Nc1ccc(C(F)(F)F)cn1. The highest BCUT2D eigenvalue weighted by atomic mass is 32.2. The van der Waals surface area contributed by atoms with Gasteiger partial charge in [-0.3, -0.25) is 4.79 Å². The Kier molecular flexibility index (Phi) is 6.69. The van der Waals surface area contributed by atoms with Crippen LogP contribution in [0.15, 0.2) is 48.7 Å². The molecular formula is C19H21F3N2OS. The van der Waals surface area contributed by atoms with Crippen LogP contribution in [0.25, 0.3) is 0 Å². The van der Waals surface area contributed by atoms with E-state index in [1.165, 1.54) is 17.3 Å². The van der Waals surface area contributed by atoms with Crippen LogP contribution in [0.1, 0.15) is 31.4 Å². The number of hydrogen-bond donors (Lipinski definition) is 1. The van der Waals surface area contributed by atoms with Crippen molar-refractivity contribution in [3.05, 3.63) is 59.8 Å². The van der Waals surface area contributed by atoms with Crippen LogP contribution in [-0.2, 0) is 17.4 Å². The van der Waals surface area contributed by atoms with Crippen LogP contribution in [0.4, 0.5) is 19.0 Å². The largest absolute Gasteiger partial charge is 0.417 e. The first-order chi connectivity index (χ1) is 12.2. The number of rotatable bonds is 7. The molecule has 2 rings (SSSR count). The van der Waals surface area contributed by atoms with Crippen molar-refractivity contribution in [1.29, 1.82) is 0 Å². The Bertz CT molecular complexity index is 716. The highest BCUT2D eigenvalue weighted by molar-refractivity contribution is 8.01. The normalized spacial score (nSPS) is 12.0. The Balaban J connectivity index is 1.83. The fraction of sp³-hybridized carbons (Fsp3) is 0.368. The molecule has 0 atom stereocenters. The highest BCUT2D eigenvalue weighted by Crippen LogP contribution is 2.30. The molecule has 1 aromatic heterocycles. The van der Waals surface area contributed by atoms with Crippen molar-refractivity contribution in [2.24, 2.45) is 0 Å². The van der Waals surface area contributed by atoms with Gasteiger partial charge in [-0.1, -0.05) is 30.3 Å². The molecule has 1 N–H and O–H groups in total. The number of thioether (sulfide) groups is 1. The van der Waals surface area contributed by atoms with E-state index in [1.807, 2.05) is 18.2 Å². The number of amides is 1. The summed E-state index contributed by atoms with van der Waals surface area (Å²) >= 11 is 1.51. The van der Waals surface area contributed by atoms with Crippen LogP contribution in [0.3, 0.4) is 0 Å². The summed E-state index contributed by atoms with van der Waals surface area (Å²) < 4.78 is 36.9. The van der Waals surface area contributed by atoms with Crippen LogP contribution in [-0.4, -0.2) is 21.4 Å². The molecule has 140 valence electrons. The molecule has 0 bridgehead atoms. The zero-order chi connectivity index (χ0) is 19.2. The van der Waals surface area contributed by atoms with Gasteiger partial charge < -0.3 is 5.32 Å². The molecule has 3 nitrogen and oxygen atoms in total. The van der Waals surface area contributed by atoms with Crippen molar-refractivity contribution < 1.29 is 18.0 Å². The number of aryl methyl sites for hydroxylation is 1. The van der Waals surface area contributed by atoms with Gasteiger partial charge in [-0.15, -0.1) is 11.8 Å². The summed E-state index contributed by atoms with van der Waals surface area (Å²) in [6, 6.07) is 12.2. The van der Waals surface area contributed by atoms with Crippen molar-refractivity contribution in [2.45, 2.75) is 37.6 Å². The van der Waals surface area contributed by atoms with Gasteiger partial charge in [0.1, 0.15) is 5.82 Å². The summed E-state index contributed by atoms with van der Waals surface area (Å²) in [6.07, 6.45) is -1.85. The number of nitrogens with zero attached hydrogens (tertiary/aromatic N) is 1. The fourth-order valence-corrected chi connectivity index (χ4v) is 3.20. The van der Waals surface area contributed by atoms with Gasteiger partial charge >= 0.3 is 6.18 Å². The smallest absolute Gasteiger partial charge is 0.310 e. The zero-order valence-electron chi connectivity index (χ0n) is 14.6. The van der Waals surface area contributed by atoms with Crippen molar-refractivity contribution >= 4 is 23.5 Å². The molecule has 0 saturated carbocycles. The summed E-state index contributed by atoms with van der Waals surface area (Å²) in [5, 5.41) is 2.58. The van der Waals surface area contributed by atoms with Crippen LogP contribution in [0, 0.1) is 0 Å². The van der Waals surface area contributed by atoms with E-state index in [4.69, 9.17) is 0 Å². The molecule has 7 heteroatoms. The van der Waals surface area contributed by atoms with E-state index in [9.17, 15) is 18.0 Å². The third-order valence-corrected chi connectivity index (χ3v) is 5.19. The van der Waals surface area contributed by atoms with Crippen molar-refractivity contribution in [1.82, 2.24) is 4.98 Å². The molecule has 0 aliphatic carbocycles. The summed E-state index contributed by atoms with van der Waals surface area (Å²) in [4.78, 5) is 16.1. The number of anilines is 1. The number of nitrogens with one attached hydrogen (secondary N) is 1. The maximum absolute atomic E-state index is 12.5. The molecule has 0 aliphatic rings. The van der Waals surface area contributed by atoms with E-state index in [0.29, 0.717) is 0 Å². The second-order valence-electron chi connectivity index (χ2n) is 6.33. The third-order valence-electron chi connectivity index (χ3n) is 3.79. The molecule has 0 unspecified atom stereocenters. The molecular weight excluding hydrogens is 361 g/mol. The van der Waals surface area contributed by atoms with E-state index in [-0.39, 0.29) is 11.7 Å². The van der Waals surface area contributed by atoms with Crippen LogP contribution in [0.5, 0.6) is 0 Å². The van der Waals surface area contributed by atoms with Gasteiger partial charge in [-0.2, -0.15) is 13.2 Å². The molecule has 0 fully saturated rings. The van der Waals surface area contributed by atoms with Gasteiger partial charge in [0.25, 0.3) is 0 Å². The number of alkyl halides is 3. The fourth-order valence-electron chi connectivity index (χ4n) is 2.22. The van der Waals surface area contributed by atoms with E-state index >= 15 is 0 Å². The van der Waals surface area contributed by atoms with Crippen LogP contribution >= 0.6 is 11.8 Å². The maximum Gasteiger partial charge on any atom is 0.417 e. The number of carbonyl (C=O) groups excluding carboxylic acids is 1. The standard InChI is InChI=1S/C19H21F3N2OS/c1-18(2,26-12-6-9-14-7-4-3-5-8-14)17(25)24-16-11-10-15(13-23-16)19(20,21)22/h3-5,7-8,10-11,13H,6,9,12H2,1-2H3,(H,23,24,25). The van der Waals surface area contributed by atoms with Gasteiger partial charge in [-0.05, 0) is 50.1 Å². The summed E-state index contributed by atoms with van der Waals surface area (Å²) in [5.74, 6) is 0.630. The number of benzene rings is 1. The van der Waals surface area contributed by atoms with E-state index < -0.39 is 16.5 Å². The zero-order valence-corrected chi connectivity index (χ0v) is 15.5. The van der Waals surface area contributed by atoms with Crippen LogP contribution in [0.2, 0.25) is 0 Å². The second kappa shape index (κ2) is 8.58. The Hall–Kier alpha value is -2.02. The lowest BCUT2D eigenvalue weighted by Crippen LogP contribution is -2.34. The van der Waals surface area contributed by atoms with E-state index in [1.54, 1.807) is 13.8 Å². The lowest BCUT2D eigenvalue weighted by molar-refractivity contribution is -0.137. The minimum absolute atomic E-state index is 0.112. The number of carbonyl (C=O) groups is 1. The quantitative estimate of drug-likeness (QED) is 0.671. The van der Waals surface area contributed by atoms with Gasteiger partial charge in [0.05, 0.1) is 10.3 Å². The maximum atomic E-state index is 12.5. The molecule has 2 aromatic rings. The van der Waals surface area contributed by atoms with Crippen LogP contribution < -0.4 is 5.32 Å². The molecule has 0 aliphatic heterocycles. The van der Waals surface area contributed by atoms with Gasteiger partial charge in [0, 0.05) is 6.20 Å². The van der Waals surface area contributed by atoms with E-state index in [0.717, 1.165) is 36.9 Å². The first-order valence-electron chi connectivity index (χ1n) is 8.21. The third kappa shape index (κ3) is 6.05. The minimum Gasteiger partial charge on any atom is -0.310 e. The van der Waals surface area contributed by atoms with E-state index in [2.05, 4.69) is 22.4 Å². The Morgan fingerprint density at radius 1 is 1.12 bits per heavy atom. The summed E-state index contributed by atoms with van der Waals surface area (Å²) in [5.41, 5.74) is 0.411. The predicted molar refractivity (Wildman–Crippen MR) is 99.2 cm³/mol. The van der Waals surface area contributed by atoms with Gasteiger partial charge in [0.2, 0.25) is 5.91 Å². The Morgan fingerprint density at radius 3 is 2.38 bits per heavy atom. The Morgan fingerprint density at radius 2 is 1.81 bits per heavy atom. The molecule has 26 heavy (non-hydrogen) atoms. The molecule has 1 aromatic carbocycles. The first kappa shape index (κ1) is 20.3. The van der Waals surface area contributed by atoms with Gasteiger partial charge in [0.15, 0.2) is 0 Å². The molecule has 0 radical (unpaired) electrons. The predicted octanol–water partition coefficient (Wildman–Crippen LogP) is 5.18. The monoisotopic (exact) mass is 382 g/mol. The minimum atomic E-state index is -4.44. The number of halogens is 3. The molecule has 0 saturated heterocycles. The second-order valence-corrected chi connectivity index (χ2v) is 8.05. The van der Waals surface area contributed by atoms with Crippen molar-refractivity contribution in [3.63, 3.8) is 0 Å². The summed E-state index contributed by atoms with van der Waals surface area (Å²) in [7, 11) is 0. The molecule has 1 heterocycles. The summed E-state index contributed by atoms with van der Waals surface area (Å²) in [6.45, 7) is 3.58. The highest BCUT2D eigenvalue weighted by Gasteiger charge is 2.31. The first-order valence-corrected chi connectivity index (χ1v) is 9.19. The molecule has 1 amide bonds. The number of hydrogen-bond acceptors (Lipinski definition) is 3. The molecule has 0 spiro atoms.